The van der Waals surface area contributed by atoms with E-state index < -0.39 is 0 Å². The number of likely N-dealkylation sites (tertiary alicyclic amines) is 1. The summed E-state index contributed by atoms with van der Waals surface area (Å²) in [5.74, 6) is 2.94. The predicted octanol–water partition coefficient (Wildman–Crippen LogP) is 2.90. The third-order valence-electron chi connectivity index (χ3n) is 5.98. The van der Waals surface area contributed by atoms with Crippen molar-refractivity contribution in [3.63, 3.8) is 0 Å². The van der Waals surface area contributed by atoms with Crippen LogP contribution in [0.5, 0.6) is 0 Å². The highest BCUT2D eigenvalue weighted by Gasteiger charge is 2.54. The van der Waals surface area contributed by atoms with E-state index in [-0.39, 0.29) is 5.41 Å². The molecule has 0 radical (unpaired) electrons. The zero-order valence-corrected chi connectivity index (χ0v) is 14.9. The van der Waals surface area contributed by atoms with Gasteiger partial charge in [-0.15, -0.1) is 10.2 Å². The number of rotatable bonds is 3. The molecule has 6 nitrogen and oxygen atoms in total. The van der Waals surface area contributed by atoms with Crippen LogP contribution >= 0.6 is 0 Å². The highest BCUT2D eigenvalue weighted by atomic mass is 16.4. The summed E-state index contributed by atoms with van der Waals surface area (Å²) in [6.45, 7) is 10.2. The second-order valence-corrected chi connectivity index (χ2v) is 7.43. The monoisotopic (exact) mass is 327 g/mol. The van der Waals surface area contributed by atoms with Crippen LogP contribution in [0.15, 0.2) is 10.6 Å². The van der Waals surface area contributed by atoms with Crippen molar-refractivity contribution in [1.82, 2.24) is 25.1 Å². The SMILES string of the molecule is Cc1ncc(C(C)N2C[C@@H]3CCC[C@]3(c3nnc(C)o3)C2)c(C)n1. The fourth-order valence-corrected chi connectivity index (χ4v) is 4.67. The van der Waals surface area contributed by atoms with Gasteiger partial charge in [-0.05, 0) is 39.5 Å². The minimum Gasteiger partial charge on any atom is -0.425 e. The molecule has 1 saturated heterocycles. The Morgan fingerprint density at radius 2 is 2.12 bits per heavy atom. The normalized spacial score (nSPS) is 28.2. The van der Waals surface area contributed by atoms with Gasteiger partial charge in [-0.25, -0.2) is 9.97 Å². The first-order valence-electron chi connectivity index (χ1n) is 8.84. The van der Waals surface area contributed by atoms with E-state index in [9.17, 15) is 0 Å². The van der Waals surface area contributed by atoms with Crippen molar-refractivity contribution in [2.24, 2.45) is 5.92 Å². The Morgan fingerprint density at radius 1 is 1.29 bits per heavy atom. The van der Waals surface area contributed by atoms with Gasteiger partial charge < -0.3 is 4.42 Å². The van der Waals surface area contributed by atoms with Crippen LogP contribution in [0.25, 0.3) is 0 Å². The molecular weight excluding hydrogens is 302 g/mol. The second kappa shape index (κ2) is 5.62. The Morgan fingerprint density at radius 3 is 2.83 bits per heavy atom. The minimum absolute atomic E-state index is 0.0367. The summed E-state index contributed by atoms with van der Waals surface area (Å²) >= 11 is 0. The second-order valence-electron chi connectivity index (χ2n) is 7.43. The van der Waals surface area contributed by atoms with Crippen LogP contribution in [0.4, 0.5) is 0 Å². The van der Waals surface area contributed by atoms with E-state index in [4.69, 9.17) is 4.42 Å². The van der Waals surface area contributed by atoms with Gasteiger partial charge in [0.15, 0.2) is 0 Å². The van der Waals surface area contributed by atoms with Crippen LogP contribution in [0.1, 0.15) is 61.1 Å². The van der Waals surface area contributed by atoms with Gasteiger partial charge >= 0.3 is 0 Å². The van der Waals surface area contributed by atoms with Crippen LogP contribution in [-0.2, 0) is 5.41 Å². The molecule has 0 spiro atoms. The molecule has 0 aromatic carbocycles. The van der Waals surface area contributed by atoms with Crippen molar-refractivity contribution in [2.45, 2.75) is 58.4 Å². The van der Waals surface area contributed by atoms with E-state index in [0.717, 1.165) is 36.9 Å². The molecule has 0 N–H and O–H groups in total. The van der Waals surface area contributed by atoms with Crippen molar-refractivity contribution in [2.75, 3.05) is 13.1 Å². The molecule has 1 unspecified atom stereocenters. The van der Waals surface area contributed by atoms with Gasteiger partial charge in [0.05, 0.1) is 5.41 Å². The largest absolute Gasteiger partial charge is 0.425 e. The molecule has 6 heteroatoms. The molecule has 3 atom stereocenters. The summed E-state index contributed by atoms with van der Waals surface area (Å²) in [6, 6.07) is 0.303. The maximum absolute atomic E-state index is 5.87. The first-order valence-corrected chi connectivity index (χ1v) is 8.84. The molecular formula is C18H25N5O. The van der Waals surface area contributed by atoms with Crippen LogP contribution in [-0.4, -0.2) is 38.2 Å². The Balaban J connectivity index is 1.63. The number of hydrogen-bond acceptors (Lipinski definition) is 6. The number of aryl methyl sites for hydroxylation is 3. The fraction of sp³-hybridized carbons (Fsp3) is 0.667. The smallest absolute Gasteiger partial charge is 0.224 e. The summed E-state index contributed by atoms with van der Waals surface area (Å²) in [7, 11) is 0. The molecule has 0 bridgehead atoms. The summed E-state index contributed by atoms with van der Waals surface area (Å²) in [5, 5.41) is 8.47. The van der Waals surface area contributed by atoms with Gasteiger partial charge in [0.2, 0.25) is 11.8 Å². The summed E-state index contributed by atoms with van der Waals surface area (Å²) in [6.07, 6.45) is 5.63. The zero-order valence-electron chi connectivity index (χ0n) is 14.9. The Labute approximate surface area is 142 Å². The maximum atomic E-state index is 5.87. The van der Waals surface area contributed by atoms with Gasteiger partial charge in [0.25, 0.3) is 0 Å². The van der Waals surface area contributed by atoms with E-state index in [1.54, 1.807) is 0 Å². The van der Waals surface area contributed by atoms with Crippen LogP contribution < -0.4 is 0 Å². The van der Waals surface area contributed by atoms with Crippen LogP contribution in [0, 0.1) is 26.7 Å². The summed E-state index contributed by atoms with van der Waals surface area (Å²) in [5.41, 5.74) is 2.33. The standard InChI is InChI=1S/C18H25N5O/c1-11-16(8-19-13(3)20-11)12(2)23-9-15-6-5-7-18(15,10-23)17-22-21-14(4)24-17/h8,12,15H,5-7,9-10H2,1-4H3/t12?,15-,18-/m0/s1. The molecule has 2 aromatic heterocycles. The average Bonchev–Trinajstić information content (AvgIpc) is 3.19. The highest BCUT2D eigenvalue weighted by Crippen LogP contribution is 2.51. The fourth-order valence-electron chi connectivity index (χ4n) is 4.67. The maximum Gasteiger partial charge on any atom is 0.224 e. The lowest BCUT2D eigenvalue weighted by atomic mass is 9.80. The number of nitrogens with zero attached hydrogens (tertiary/aromatic N) is 5. The minimum atomic E-state index is 0.0367. The van der Waals surface area contributed by atoms with Crippen molar-refractivity contribution in [3.05, 3.63) is 35.1 Å². The number of fused-ring (bicyclic) bond motifs is 1. The molecule has 2 fully saturated rings. The van der Waals surface area contributed by atoms with E-state index in [0.29, 0.717) is 17.9 Å². The molecule has 1 saturated carbocycles. The van der Waals surface area contributed by atoms with Crippen molar-refractivity contribution >= 4 is 0 Å². The number of hydrogen-bond donors (Lipinski definition) is 0. The Hall–Kier alpha value is -1.82. The van der Waals surface area contributed by atoms with Gasteiger partial charge in [-0.1, -0.05) is 6.42 Å². The highest BCUT2D eigenvalue weighted by molar-refractivity contribution is 5.23. The third-order valence-corrected chi connectivity index (χ3v) is 5.98. The molecule has 2 aliphatic rings. The number of aromatic nitrogens is 4. The van der Waals surface area contributed by atoms with E-state index in [1.807, 2.05) is 20.0 Å². The molecule has 1 aliphatic heterocycles. The Kier molecular flexibility index (Phi) is 3.67. The van der Waals surface area contributed by atoms with E-state index >= 15 is 0 Å². The first kappa shape index (κ1) is 15.7. The third kappa shape index (κ3) is 2.35. The lowest BCUT2D eigenvalue weighted by molar-refractivity contribution is 0.224. The topological polar surface area (TPSA) is 67.9 Å². The lowest BCUT2D eigenvalue weighted by Gasteiger charge is -2.28. The Bertz CT molecular complexity index is 758. The molecule has 3 heterocycles. The quantitative estimate of drug-likeness (QED) is 0.863. The first-order chi connectivity index (χ1) is 11.5. The summed E-state index contributed by atoms with van der Waals surface area (Å²) < 4.78 is 5.87. The molecule has 2 aromatic rings. The summed E-state index contributed by atoms with van der Waals surface area (Å²) in [4.78, 5) is 11.5. The molecule has 128 valence electrons. The van der Waals surface area contributed by atoms with E-state index in [2.05, 4.69) is 38.9 Å². The van der Waals surface area contributed by atoms with Crippen LogP contribution in [0.2, 0.25) is 0 Å². The zero-order chi connectivity index (χ0) is 16.9. The average molecular weight is 327 g/mol. The molecule has 1 aliphatic carbocycles. The van der Waals surface area contributed by atoms with Gasteiger partial charge in [0, 0.05) is 43.5 Å². The molecule has 24 heavy (non-hydrogen) atoms. The van der Waals surface area contributed by atoms with Gasteiger partial charge in [-0.3, -0.25) is 4.90 Å². The van der Waals surface area contributed by atoms with Crippen LogP contribution in [0.3, 0.4) is 0 Å². The van der Waals surface area contributed by atoms with Crippen molar-refractivity contribution < 1.29 is 4.42 Å². The lowest BCUT2D eigenvalue weighted by Crippen LogP contribution is -2.33. The molecule has 0 amide bonds. The van der Waals surface area contributed by atoms with Crippen molar-refractivity contribution in [1.29, 1.82) is 0 Å². The van der Waals surface area contributed by atoms with Crippen molar-refractivity contribution in [3.8, 4) is 0 Å². The van der Waals surface area contributed by atoms with Gasteiger partial charge in [0.1, 0.15) is 5.82 Å². The van der Waals surface area contributed by atoms with E-state index in [1.165, 1.54) is 18.4 Å². The van der Waals surface area contributed by atoms with Gasteiger partial charge in [-0.2, -0.15) is 0 Å². The molecule has 4 rings (SSSR count). The predicted molar refractivity (Wildman–Crippen MR) is 89.5 cm³/mol.